The molecule has 24 heavy (non-hydrogen) atoms. The lowest BCUT2D eigenvalue weighted by atomic mass is 9.85. The molecular weight excluding hydrogens is 308 g/mol. The highest BCUT2D eigenvalue weighted by molar-refractivity contribution is 5.97. The molecule has 0 aromatic heterocycles. The van der Waals surface area contributed by atoms with Crippen LogP contribution in [0.25, 0.3) is 0 Å². The maximum Gasteiger partial charge on any atom is 0.313 e. The van der Waals surface area contributed by atoms with Gasteiger partial charge in [-0.1, -0.05) is 32.9 Å². The molecule has 1 rings (SSSR count). The van der Waals surface area contributed by atoms with Crippen LogP contribution in [0.1, 0.15) is 47.1 Å². The molecule has 0 saturated heterocycles. The van der Waals surface area contributed by atoms with Gasteiger partial charge in [-0.2, -0.15) is 0 Å². The summed E-state index contributed by atoms with van der Waals surface area (Å²) in [6.45, 7) is 10.2. The number of carbonyl (C=O) groups is 3. The van der Waals surface area contributed by atoms with Crippen LogP contribution < -0.4 is 10.6 Å². The molecule has 2 amide bonds. The van der Waals surface area contributed by atoms with Crippen molar-refractivity contribution in [1.82, 2.24) is 5.32 Å². The van der Waals surface area contributed by atoms with E-state index in [4.69, 9.17) is 0 Å². The molecule has 3 N–H and O–H groups in total. The zero-order chi connectivity index (χ0) is 18.7. The van der Waals surface area contributed by atoms with E-state index in [-0.39, 0.29) is 11.8 Å². The smallest absolute Gasteiger partial charge is 0.313 e. The van der Waals surface area contributed by atoms with Gasteiger partial charge in [-0.05, 0) is 38.5 Å². The van der Waals surface area contributed by atoms with Crippen molar-refractivity contribution in [2.75, 3.05) is 5.32 Å². The van der Waals surface area contributed by atoms with E-state index in [9.17, 15) is 19.5 Å². The molecule has 0 aliphatic heterocycles. The predicted octanol–water partition coefficient (Wildman–Crippen LogP) is 2.54. The zero-order valence-electron chi connectivity index (χ0n) is 15.1. The number of rotatable bonds is 5. The van der Waals surface area contributed by atoms with Crippen LogP contribution in [0.5, 0.6) is 0 Å². The number of benzene rings is 1. The second-order valence-corrected chi connectivity index (χ2v) is 7.44. The standard InChI is InChI=1S/C18H26N2O4/c1-11(19-15(22)17(2,3)4)14(21)20-13-9-7-12(8-10-13)18(5,6)16(23)24/h7-11H,1-6H3,(H,19,22)(H,20,21)(H,23,24). The minimum Gasteiger partial charge on any atom is -0.481 e. The number of hydrogen-bond donors (Lipinski definition) is 3. The lowest BCUT2D eigenvalue weighted by molar-refractivity contribution is -0.142. The number of carboxylic acids is 1. The maximum atomic E-state index is 12.1. The number of hydrogen-bond acceptors (Lipinski definition) is 3. The largest absolute Gasteiger partial charge is 0.481 e. The van der Waals surface area contributed by atoms with E-state index in [1.54, 1.807) is 65.8 Å². The molecule has 0 aliphatic carbocycles. The van der Waals surface area contributed by atoms with Gasteiger partial charge < -0.3 is 15.7 Å². The fourth-order valence-electron chi connectivity index (χ4n) is 1.82. The Bertz CT molecular complexity index is 627. The van der Waals surface area contributed by atoms with Crippen molar-refractivity contribution >= 4 is 23.5 Å². The van der Waals surface area contributed by atoms with Gasteiger partial charge in [-0.15, -0.1) is 0 Å². The van der Waals surface area contributed by atoms with Crippen LogP contribution in [-0.2, 0) is 19.8 Å². The second kappa shape index (κ2) is 7.03. The summed E-state index contributed by atoms with van der Waals surface area (Å²) in [6.07, 6.45) is 0. The number of carboxylic acid groups (broad SMARTS) is 1. The van der Waals surface area contributed by atoms with E-state index in [1.807, 2.05) is 0 Å². The fraction of sp³-hybridized carbons (Fsp3) is 0.500. The third kappa shape index (κ3) is 4.81. The molecule has 0 fully saturated rings. The normalized spacial score (nSPS) is 13.1. The van der Waals surface area contributed by atoms with Crippen molar-refractivity contribution in [2.45, 2.75) is 53.0 Å². The molecule has 6 nitrogen and oxygen atoms in total. The topological polar surface area (TPSA) is 95.5 Å². The predicted molar refractivity (Wildman–Crippen MR) is 92.8 cm³/mol. The monoisotopic (exact) mass is 334 g/mol. The first-order valence-corrected chi connectivity index (χ1v) is 7.81. The minimum absolute atomic E-state index is 0.205. The molecule has 1 unspecified atom stereocenters. The van der Waals surface area contributed by atoms with Crippen molar-refractivity contribution in [3.05, 3.63) is 29.8 Å². The number of anilines is 1. The molecule has 0 radical (unpaired) electrons. The van der Waals surface area contributed by atoms with Gasteiger partial charge in [0.25, 0.3) is 0 Å². The number of nitrogens with one attached hydrogen (secondary N) is 2. The molecule has 0 heterocycles. The first-order chi connectivity index (χ1) is 10.9. The molecule has 132 valence electrons. The third-order valence-corrected chi connectivity index (χ3v) is 3.83. The summed E-state index contributed by atoms with van der Waals surface area (Å²) in [4.78, 5) is 35.3. The van der Waals surface area contributed by atoms with Crippen molar-refractivity contribution in [1.29, 1.82) is 0 Å². The molecule has 0 spiro atoms. The first-order valence-electron chi connectivity index (χ1n) is 7.81. The maximum absolute atomic E-state index is 12.1. The second-order valence-electron chi connectivity index (χ2n) is 7.44. The Labute approximate surface area is 142 Å². The van der Waals surface area contributed by atoms with Gasteiger partial charge in [0.05, 0.1) is 5.41 Å². The molecule has 6 heteroatoms. The lowest BCUT2D eigenvalue weighted by Crippen LogP contribution is -2.46. The van der Waals surface area contributed by atoms with Crippen LogP contribution in [-0.4, -0.2) is 28.9 Å². The summed E-state index contributed by atoms with van der Waals surface area (Å²) in [7, 11) is 0. The quantitative estimate of drug-likeness (QED) is 0.771. The van der Waals surface area contributed by atoms with Crippen LogP contribution in [0.3, 0.4) is 0 Å². The van der Waals surface area contributed by atoms with Crippen LogP contribution in [0.4, 0.5) is 5.69 Å². The molecule has 1 aromatic rings. The van der Waals surface area contributed by atoms with Gasteiger partial charge in [0.1, 0.15) is 6.04 Å². The van der Waals surface area contributed by atoms with Crippen molar-refractivity contribution in [3.8, 4) is 0 Å². The third-order valence-electron chi connectivity index (χ3n) is 3.83. The molecule has 0 bridgehead atoms. The number of carbonyl (C=O) groups excluding carboxylic acids is 2. The fourth-order valence-corrected chi connectivity index (χ4v) is 1.82. The summed E-state index contributed by atoms with van der Waals surface area (Å²) >= 11 is 0. The van der Waals surface area contributed by atoms with Gasteiger partial charge in [-0.25, -0.2) is 0 Å². The van der Waals surface area contributed by atoms with Crippen LogP contribution in [0, 0.1) is 5.41 Å². The highest BCUT2D eigenvalue weighted by atomic mass is 16.4. The molecule has 0 saturated carbocycles. The highest BCUT2D eigenvalue weighted by Gasteiger charge is 2.29. The van der Waals surface area contributed by atoms with Crippen molar-refractivity contribution in [2.24, 2.45) is 5.41 Å². The molecular formula is C18H26N2O4. The average Bonchev–Trinajstić information content (AvgIpc) is 2.46. The van der Waals surface area contributed by atoms with Crippen LogP contribution >= 0.6 is 0 Å². The van der Waals surface area contributed by atoms with E-state index in [1.165, 1.54) is 0 Å². The summed E-state index contributed by atoms with van der Waals surface area (Å²) < 4.78 is 0. The van der Waals surface area contributed by atoms with E-state index < -0.39 is 22.8 Å². The van der Waals surface area contributed by atoms with Crippen molar-refractivity contribution in [3.63, 3.8) is 0 Å². The summed E-state index contributed by atoms with van der Waals surface area (Å²) in [5.74, 6) is -1.46. The molecule has 1 atom stereocenters. The Morgan fingerprint density at radius 1 is 1.00 bits per heavy atom. The summed E-state index contributed by atoms with van der Waals surface area (Å²) in [6, 6.07) is 5.96. The van der Waals surface area contributed by atoms with Gasteiger partial charge >= 0.3 is 5.97 Å². The van der Waals surface area contributed by atoms with Gasteiger partial charge in [0, 0.05) is 11.1 Å². The lowest BCUT2D eigenvalue weighted by Gasteiger charge is -2.22. The molecule has 1 aromatic carbocycles. The van der Waals surface area contributed by atoms with Gasteiger partial charge in [-0.3, -0.25) is 14.4 Å². The highest BCUT2D eigenvalue weighted by Crippen LogP contribution is 2.24. The summed E-state index contributed by atoms with van der Waals surface area (Å²) in [5, 5.41) is 14.6. The zero-order valence-corrected chi connectivity index (χ0v) is 15.1. The molecule has 0 aliphatic rings. The Morgan fingerprint density at radius 3 is 1.92 bits per heavy atom. The average molecular weight is 334 g/mol. The Morgan fingerprint density at radius 2 is 1.50 bits per heavy atom. The Hall–Kier alpha value is -2.37. The SMILES string of the molecule is CC(NC(=O)C(C)(C)C)C(=O)Nc1ccc(C(C)(C)C(=O)O)cc1. The Kier molecular flexibility index (Phi) is 5.76. The summed E-state index contributed by atoms with van der Waals surface area (Å²) in [5.41, 5.74) is -0.390. The van der Waals surface area contributed by atoms with Crippen molar-refractivity contribution < 1.29 is 19.5 Å². The number of aliphatic carboxylic acids is 1. The van der Waals surface area contributed by atoms with E-state index in [2.05, 4.69) is 10.6 Å². The van der Waals surface area contributed by atoms with Crippen LogP contribution in [0.15, 0.2) is 24.3 Å². The van der Waals surface area contributed by atoms with Gasteiger partial charge in [0.15, 0.2) is 0 Å². The van der Waals surface area contributed by atoms with E-state index >= 15 is 0 Å². The first kappa shape index (κ1) is 19.7. The van der Waals surface area contributed by atoms with Crippen LogP contribution in [0.2, 0.25) is 0 Å². The van der Waals surface area contributed by atoms with Gasteiger partial charge in [0.2, 0.25) is 11.8 Å². The minimum atomic E-state index is -1.00. The van der Waals surface area contributed by atoms with E-state index in [0.717, 1.165) is 0 Å². The van der Waals surface area contributed by atoms with E-state index in [0.29, 0.717) is 11.3 Å². The Balaban J connectivity index is 2.75. The number of amides is 2.